The van der Waals surface area contributed by atoms with Crippen molar-refractivity contribution in [3.05, 3.63) is 24.3 Å². The summed E-state index contributed by atoms with van der Waals surface area (Å²) in [5.41, 5.74) is 0. The first kappa shape index (κ1) is 13.2. The average Bonchev–Trinajstić information content (AvgIpc) is 2.37. The highest BCUT2D eigenvalue weighted by molar-refractivity contribution is 5.31. The number of ether oxygens (including phenoxy) is 3. The molecule has 0 bridgehead atoms. The van der Waals surface area contributed by atoms with Gasteiger partial charge in [0.1, 0.15) is 11.5 Å². The van der Waals surface area contributed by atoms with E-state index in [1.165, 1.54) is 0 Å². The van der Waals surface area contributed by atoms with Crippen LogP contribution in [0.15, 0.2) is 24.3 Å². The molecule has 0 N–H and O–H groups in total. The Labute approximate surface area is 109 Å². The van der Waals surface area contributed by atoms with E-state index in [2.05, 4.69) is 20.8 Å². The summed E-state index contributed by atoms with van der Waals surface area (Å²) in [7, 11) is 1.66. The first-order valence-corrected chi connectivity index (χ1v) is 6.56. The van der Waals surface area contributed by atoms with Gasteiger partial charge in [-0.05, 0) is 43.0 Å². The van der Waals surface area contributed by atoms with E-state index in [0.717, 1.165) is 17.9 Å². The average molecular weight is 250 g/mol. The zero-order chi connectivity index (χ0) is 13.1. The lowest BCUT2D eigenvalue weighted by Gasteiger charge is -2.37. The summed E-state index contributed by atoms with van der Waals surface area (Å²) in [6, 6.07) is 7.62. The lowest BCUT2D eigenvalue weighted by atomic mass is 9.86. The van der Waals surface area contributed by atoms with Crippen LogP contribution >= 0.6 is 0 Å². The van der Waals surface area contributed by atoms with Gasteiger partial charge in [0.2, 0.25) is 0 Å². The smallest absolute Gasteiger partial charge is 0.200 e. The van der Waals surface area contributed by atoms with Crippen LogP contribution in [0.3, 0.4) is 0 Å². The van der Waals surface area contributed by atoms with Crippen LogP contribution in [0.5, 0.6) is 11.5 Å². The van der Waals surface area contributed by atoms with Gasteiger partial charge in [-0.25, -0.2) is 0 Å². The molecule has 1 aromatic carbocycles. The minimum absolute atomic E-state index is 0.139. The summed E-state index contributed by atoms with van der Waals surface area (Å²) in [6.45, 7) is 6.61. The molecule has 1 fully saturated rings. The van der Waals surface area contributed by atoms with E-state index in [0.29, 0.717) is 11.8 Å². The SMILES string of the molecule is COc1ccc(O[C@@H]2C[C@@H](C)[C@@H](C)C(C)O2)cc1. The van der Waals surface area contributed by atoms with Crippen molar-refractivity contribution in [2.45, 2.75) is 39.6 Å². The Balaban J connectivity index is 1.96. The molecule has 4 atom stereocenters. The summed E-state index contributed by atoms with van der Waals surface area (Å²) in [4.78, 5) is 0. The second-order valence-corrected chi connectivity index (χ2v) is 5.14. The zero-order valence-corrected chi connectivity index (χ0v) is 11.6. The van der Waals surface area contributed by atoms with Gasteiger partial charge in [-0.2, -0.15) is 0 Å². The van der Waals surface area contributed by atoms with E-state index in [1.54, 1.807) is 7.11 Å². The van der Waals surface area contributed by atoms with E-state index < -0.39 is 0 Å². The zero-order valence-electron chi connectivity index (χ0n) is 11.6. The van der Waals surface area contributed by atoms with Crippen LogP contribution in [0.2, 0.25) is 0 Å². The molecule has 0 aromatic heterocycles. The van der Waals surface area contributed by atoms with Crippen LogP contribution < -0.4 is 9.47 Å². The van der Waals surface area contributed by atoms with E-state index in [4.69, 9.17) is 14.2 Å². The van der Waals surface area contributed by atoms with Crippen LogP contribution in [-0.2, 0) is 4.74 Å². The third kappa shape index (κ3) is 2.96. The third-order valence-corrected chi connectivity index (χ3v) is 3.90. The Morgan fingerprint density at radius 3 is 2.22 bits per heavy atom. The van der Waals surface area contributed by atoms with Crippen LogP contribution in [0, 0.1) is 11.8 Å². The van der Waals surface area contributed by atoms with Gasteiger partial charge >= 0.3 is 0 Å². The Bertz CT molecular complexity index is 362. The monoisotopic (exact) mass is 250 g/mol. The maximum Gasteiger partial charge on any atom is 0.200 e. The molecule has 1 aromatic rings. The number of hydrogen-bond donors (Lipinski definition) is 0. The van der Waals surface area contributed by atoms with Gasteiger partial charge in [0, 0.05) is 6.42 Å². The van der Waals surface area contributed by atoms with E-state index in [-0.39, 0.29) is 12.4 Å². The van der Waals surface area contributed by atoms with Gasteiger partial charge in [-0.15, -0.1) is 0 Å². The molecule has 1 aliphatic heterocycles. The first-order valence-electron chi connectivity index (χ1n) is 6.56. The quantitative estimate of drug-likeness (QED) is 0.822. The lowest BCUT2D eigenvalue weighted by molar-refractivity contribution is -0.175. The van der Waals surface area contributed by atoms with Crippen molar-refractivity contribution in [1.29, 1.82) is 0 Å². The van der Waals surface area contributed by atoms with E-state index in [9.17, 15) is 0 Å². The summed E-state index contributed by atoms with van der Waals surface area (Å²) >= 11 is 0. The molecular weight excluding hydrogens is 228 g/mol. The number of hydrogen-bond acceptors (Lipinski definition) is 3. The van der Waals surface area contributed by atoms with Crippen molar-refractivity contribution in [2.24, 2.45) is 11.8 Å². The first-order chi connectivity index (χ1) is 8.60. The number of methoxy groups -OCH3 is 1. The summed E-state index contributed by atoms with van der Waals surface area (Å²) in [6.07, 6.45) is 1.05. The highest BCUT2D eigenvalue weighted by atomic mass is 16.7. The highest BCUT2D eigenvalue weighted by Gasteiger charge is 2.31. The molecule has 1 aliphatic rings. The number of rotatable bonds is 3. The summed E-state index contributed by atoms with van der Waals surface area (Å²) < 4.78 is 16.9. The molecule has 3 nitrogen and oxygen atoms in total. The molecule has 18 heavy (non-hydrogen) atoms. The van der Waals surface area contributed by atoms with E-state index in [1.807, 2.05) is 24.3 Å². The van der Waals surface area contributed by atoms with Gasteiger partial charge in [-0.3, -0.25) is 0 Å². The largest absolute Gasteiger partial charge is 0.497 e. The number of benzene rings is 1. The van der Waals surface area contributed by atoms with Gasteiger partial charge in [0.05, 0.1) is 13.2 Å². The third-order valence-electron chi connectivity index (χ3n) is 3.90. The second-order valence-electron chi connectivity index (χ2n) is 5.14. The summed E-state index contributed by atoms with van der Waals surface area (Å²) in [5.74, 6) is 2.87. The topological polar surface area (TPSA) is 27.7 Å². The highest BCUT2D eigenvalue weighted by Crippen LogP contribution is 2.31. The predicted molar refractivity (Wildman–Crippen MR) is 70.9 cm³/mol. The molecule has 2 rings (SSSR count). The fraction of sp³-hybridized carbons (Fsp3) is 0.600. The van der Waals surface area contributed by atoms with Gasteiger partial charge in [-0.1, -0.05) is 13.8 Å². The second kappa shape index (κ2) is 5.61. The molecule has 0 amide bonds. The molecule has 0 spiro atoms. The van der Waals surface area contributed by atoms with Crippen molar-refractivity contribution in [3.63, 3.8) is 0 Å². The van der Waals surface area contributed by atoms with Gasteiger partial charge in [0.15, 0.2) is 6.29 Å². The molecular formula is C15H22O3. The van der Waals surface area contributed by atoms with Crippen LogP contribution in [-0.4, -0.2) is 19.5 Å². The Kier molecular flexibility index (Phi) is 4.12. The van der Waals surface area contributed by atoms with Crippen molar-refractivity contribution < 1.29 is 14.2 Å². The van der Waals surface area contributed by atoms with Crippen molar-refractivity contribution in [2.75, 3.05) is 7.11 Å². The van der Waals surface area contributed by atoms with E-state index >= 15 is 0 Å². The summed E-state index contributed by atoms with van der Waals surface area (Å²) in [5, 5.41) is 0. The maximum atomic E-state index is 5.88. The van der Waals surface area contributed by atoms with Crippen molar-refractivity contribution in [3.8, 4) is 11.5 Å². The molecule has 1 heterocycles. The van der Waals surface area contributed by atoms with Crippen LogP contribution in [0.4, 0.5) is 0 Å². The van der Waals surface area contributed by atoms with Crippen molar-refractivity contribution in [1.82, 2.24) is 0 Å². The molecule has 100 valence electrons. The fourth-order valence-electron chi connectivity index (χ4n) is 2.28. The standard InChI is InChI=1S/C15H22O3/c1-10-9-15(17-12(3)11(10)2)18-14-7-5-13(16-4)6-8-14/h5-8,10-12,15H,9H2,1-4H3/t10-,11-,12?,15-/m1/s1. The Morgan fingerprint density at radius 1 is 1.06 bits per heavy atom. The lowest BCUT2D eigenvalue weighted by Crippen LogP contribution is -2.39. The van der Waals surface area contributed by atoms with Gasteiger partial charge in [0.25, 0.3) is 0 Å². The van der Waals surface area contributed by atoms with Crippen molar-refractivity contribution >= 4 is 0 Å². The molecule has 0 aliphatic carbocycles. The molecule has 3 heteroatoms. The maximum absolute atomic E-state index is 5.88. The Morgan fingerprint density at radius 2 is 1.67 bits per heavy atom. The molecule has 1 unspecified atom stereocenters. The molecule has 0 saturated carbocycles. The minimum Gasteiger partial charge on any atom is -0.497 e. The Hall–Kier alpha value is -1.22. The van der Waals surface area contributed by atoms with Crippen LogP contribution in [0.1, 0.15) is 27.2 Å². The molecule has 1 saturated heterocycles. The molecule has 0 radical (unpaired) electrons. The van der Waals surface area contributed by atoms with Gasteiger partial charge < -0.3 is 14.2 Å². The fourth-order valence-corrected chi connectivity index (χ4v) is 2.28. The predicted octanol–water partition coefficient (Wildman–Crippen LogP) is 3.48. The normalized spacial score (nSPS) is 32.0. The minimum atomic E-state index is -0.139. The van der Waals surface area contributed by atoms with Crippen LogP contribution in [0.25, 0.3) is 0 Å².